The van der Waals surface area contributed by atoms with Gasteiger partial charge in [0.05, 0.1) is 10.6 Å². The fourth-order valence-corrected chi connectivity index (χ4v) is 3.88. The minimum atomic E-state index is -3.63. The summed E-state index contributed by atoms with van der Waals surface area (Å²) >= 11 is 0. The molecule has 0 fully saturated rings. The van der Waals surface area contributed by atoms with Crippen molar-refractivity contribution in [3.05, 3.63) is 84.4 Å². The van der Waals surface area contributed by atoms with Crippen LogP contribution in [0.4, 0.5) is 5.69 Å². The Bertz CT molecular complexity index is 986. The lowest BCUT2D eigenvalue weighted by Gasteiger charge is -2.19. The van der Waals surface area contributed by atoms with Gasteiger partial charge in [-0.25, -0.2) is 8.42 Å². The lowest BCUT2D eigenvalue weighted by Crippen LogP contribution is -2.13. The molecule has 4 heteroatoms. The van der Waals surface area contributed by atoms with Crippen LogP contribution < -0.4 is 4.72 Å². The molecule has 1 N–H and O–H groups in total. The van der Waals surface area contributed by atoms with E-state index in [0.717, 1.165) is 11.1 Å². The van der Waals surface area contributed by atoms with Crippen LogP contribution in [-0.4, -0.2) is 8.42 Å². The van der Waals surface area contributed by atoms with E-state index < -0.39 is 10.0 Å². The molecular formula is C22H23NO2S. The largest absolute Gasteiger partial charge is 0.279 e. The molecular weight excluding hydrogens is 342 g/mol. The van der Waals surface area contributed by atoms with Gasteiger partial charge in [-0.2, -0.15) is 0 Å². The molecule has 3 aromatic carbocycles. The second kappa shape index (κ2) is 6.96. The fourth-order valence-electron chi connectivity index (χ4n) is 2.78. The van der Waals surface area contributed by atoms with Crippen molar-refractivity contribution >= 4 is 15.7 Å². The third kappa shape index (κ3) is 3.97. The van der Waals surface area contributed by atoms with Crippen LogP contribution in [0.1, 0.15) is 26.3 Å². The molecule has 3 nitrogen and oxygen atoms in total. The molecule has 0 aliphatic heterocycles. The molecule has 26 heavy (non-hydrogen) atoms. The van der Waals surface area contributed by atoms with E-state index in [0.29, 0.717) is 5.69 Å². The van der Waals surface area contributed by atoms with Gasteiger partial charge in [0.1, 0.15) is 0 Å². The second-order valence-corrected chi connectivity index (χ2v) is 8.97. The molecule has 0 aliphatic rings. The van der Waals surface area contributed by atoms with Gasteiger partial charge in [0.2, 0.25) is 0 Å². The summed E-state index contributed by atoms with van der Waals surface area (Å²) in [6, 6.07) is 24.1. The maximum atomic E-state index is 12.7. The Hall–Kier alpha value is -2.59. The summed E-state index contributed by atoms with van der Waals surface area (Å²) in [5.41, 5.74) is 3.72. The number of nitrogens with one attached hydrogen (secondary N) is 1. The third-order valence-corrected chi connectivity index (χ3v) is 5.67. The second-order valence-electron chi connectivity index (χ2n) is 7.29. The zero-order valence-electron chi connectivity index (χ0n) is 15.2. The highest BCUT2D eigenvalue weighted by Crippen LogP contribution is 2.31. The van der Waals surface area contributed by atoms with Crippen LogP contribution in [-0.2, 0) is 15.4 Å². The van der Waals surface area contributed by atoms with E-state index in [1.54, 1.807) is 36.4 Å². The van der Waals surface area contributed by atoms with Crippen molar-refractivity contribution in [2.75, 3.05) is 4.72 Å². The molecule has 0 unspecified atom stereocenters. The smallest absolute Gasteiger partial charge is 0.261 e. The maximum absolute atomic E-state index is 12.7. The first-order valence-corrected chi connectivity index (χ1v) is 10.0. The van der Waals surface area contributed by atoms with Gasteiger partial charge in [-0.1, -0.05) is 81.4 Å². The van der Waals surface area contributed by atoms with E-state index in [-0.39, 0.29) is 10.3 Å². The van der Waals surface area contributed by atoms with Crippen molar-refractivity contribution in [2.45, 2.75) is 31.1 Å². The highest BCUT2D eigenvalue weighted by molar-refractivity contribution is 7.92. The lowest BCUT2D eigenvalue weighted by molar-refractivity contribution is 0.590. The standard InChI is InChI=1S/C22H23NO2S/c1-22(2,3)18-15-13-17(14-16-18)20-11-7-8-12-21(20)23-26(24,25)19-9-5-4-6-10-19/h4-16,23H,1-3H3. The van der Waals surface area contributed by atoms with Gasteiger partial charge in [0, 0.05) is 5.56 Å². The molecule has 0 saturated heterocycles. The summed E-state index contributed by atoms with van der Waals surface area (Å²) in [6.45, 7) is 6.51. The Labute approximate surface area is 155 Å². The van der Waals surface area contributed by atoms with Crippen molar-refractivity contribution < 1.29 is 8.42 Å². The van der Waals surface area contributed by atoms with Gasteiger partial charge in [0.25, 0.3) is 10.0 Å². The first-order chi connectivity index (χ1) is 12.3. The Morgan fingerprint density at radius 1 is 0.731 bits per heavy atom. The Kier molecular flexibility index (Phi) is 4.88. The average Bonchev–Trinajstić information content (AvgIpc) is 2.62. The quantitative estimate of drug-likeness (QED) is 0.668. The van der Waals surface area contributed by atoms with Gasteiger partial charge in [-0.05, 0) is 34.7 Å². The van der Waals surface area contributed by atoms with Crippen LogP contribution in [0.2, 0.25) is 0 Å². The van der Waals surface area contributed by atoms with Crippen molar-refractivity contribution in [3.63, 3.8) is 0 Å². The topological polar surface area (TPSA) is 46.2 Å². The zero-order valence-corrected chi connectivity index (χ0v) is 16.0. The number of hydrogen-bond acceptors (Lipinski definition) is 2. The van der Waals surface area contributed by atoms with Crippen molar-refractivity contribution in [1.29, 1.82) is 0 Å². The lowest BCUT2D eigenvalue weighted by atomic mass is 9.86. The molecule has 0 amide bonds. The molecule has 0 spiro atoms. The van der Waals surface area contributed by atoms with Gasteiger partial charge in [-0.15, -0.1) is 0 Å². The van der Waals surface area contributed by atoms with E-state index in [1.165, 1.54) is 5.56 Å². The van der Waals surface area contributed by atoms with Gasteiger partial charge >= 0.3 is 0 Å². The minimum Gasteiger partial charge on any atom is -0.279 e. The van der Waals surface area contributed by atoms with Crippen molar-refractivity contribution in [3.8, 4) is 11.1 Å². The summed E-state index contributed by atoms with van der Waals surface area (Å²) in [5.74, 6) is 0. The molecule has 0 saturated carbocycles. The Morgan fingerprint density at radius 2 is 1.31 bits per heavy atom. The summed E-state index contributed by atoms with van der Waals surface area (Å²) in [6.07, 6.45) is 0. The molecule has 0 aliphatic carbocycles. The van der Waals surface area contributed by atoms with Crippen LogP contribution in [0.5, 0.6) is 0 Å². The fraction of sp³-hybridized carbons (Fsp3) is 0.182. The van der Waals surface area contributed by atoms with Crippen molar-refractivity contribution in [2.24, 2.45) is 0 Å². The molecule has 0 aromatic heterocycles. The number of hydrogen-bond donors (Lipinski definition) is 1. The summed E-state index contributed by atoms with van der Waals surface area (Å²) in [4.78, 5) is 0.248. The van der Waals surface area contributed by atoms with Crippen LogP contribution >= 0.6 is 0 Å². The van der Waals surface area contributed by atoms with E-state index in [1.807, 2.05) is 30.3 Å². The van der Waals surface area contributed by atoms with E-state index >= 15 is 0 Å². The monoisotopic (exact) mass is 365 g/mol. The first kappa shape index (κ1) is 18.2. The predicted molar refractivity (Wildman–Crippen MR) is 108 cm³/mol. The Balaban J connectivity index is 1.97. The number of para-hydroxylation sites is 1. The maximum Gasteiger partial charge on any atom is 0.261 e. The number of sulfonamides is 1. The van der Waals surface area contributed by atoms with Crippen LogP contribution in [0.3, 0.4) is 0 Å². The van der Waals surface area contributed by atoms with Gasteiger partial charge in [0.15, 0.2) is 0 Å². The predicted octanol–water partition coefficient (Wildman–Crippen LogP) is 5.45. The number of rotatable bonds is 4. The normalized spacial score (nSPS) is 12.0. The number of anilines is 1. The highest BCUT2D eigenvalue weighted by Gasteiger charge is 2.17. The molecule has 3 aromatic rings. The number of benzene rings is 3. The SMILES string of the molecule is CC(C)(C)c1ccc(-c2ccccc2NS(=O)(=O)c2ccccc2)cc1. The molecule has 3 rings (SSSR count). The third-order valence-electron chi connectivity index (χ3n) is 4.29. The van der Waals surface area contributed by atoms with E-state index in [4.69, 9.17) is 0 Å². The minimum absolute atomic E-state index is 0.0763. The van der Waals surface area contributed by atoms with Gasteiger partial charge < -0.3 is 0 Å². The summed E-state index contributed by atoms with van der Waals surface area (Å²) in [7, 11) is -3.63. The summed E-state index contributed by atoms with van der Waals surface area (Å²) < 4.78 is 28.0. The average molecular weight is 365 g/mol. The van der Waals surface area contributed by atoms with Crippen LogP contribution in [0.25, 0.3) is 11.1 Å². The molecule has 0 heterocycles. The van der Waals surface area contributed by atoms with Gasteiger partial charge in [-0.3, -0.25) is 4.72 Å². The summed E-state index contributed by atoms with van der Waals surface area (Å²) in [5, 5.41) is 0. The zero-order chi connectivity index (χ0) is 18.8. The van der Waals surface area contributed by atoms with Crippen LogP contribution in [0, 0.1) is 0 Å². The van der Waals surface area contributed by atoms with E-state index in [2.05, 4.69) is 37.6 Å². The molecule has 0 radical (unpaired) electrons. The van der Waals surface area contributed by atoms with E-state index in [9.17, 15) is 8.42 Å². The molecule has 134 valence electrons. The van der Waals surface area contributed by atoms with Crippen LogP contribution in [0.15, 0.2) is 83.8 Å². The first-order valence-electron chi connectivity index (χ1n) is 8.55. The molecule has 0 atom stereocenters. The Morgan fingerprint density at radius 3 is 1.92 bits per heavy atom. The molecule has 0 bridgehead atoms. The van der Waals surface area contributed by atoms with Crippen molar-refractivity contribution in [1.82, 2.24) is 0 Å². The highest BCUT2D eigenvalue weighted by atomic mass is 32.2.